The van der Waals surface area contributed by atoms with E-state index in [1.165, 1.54) is 433 Å². The molecule has 0 atom stereocenters. The van der Waals surface area contributed by atoms with Gasteiger partial charge in [-0.25, -0.2) is 0 Å². The van der Waals surface area contributed by atoms with Crippen LogP contribution in [-0.2, 0) is 0 Å². The monoisotopic (exact) mass is 1140 g/mol. The molecule has 0 saturated carbocycles. The first-order valence-corrected chi connectivity index (χ1v) is 37.0. The summed E-state index contributed by atoms with van der Waals surface area (Å²) in [6.07, 6.45) is 87.5. The van der Waals surface area contributed by atoms with Crippen molar-refractivity contribution in [3.8, 4) is 0 Å². The van der Waals surface area contributed by atoms with E-state index < -0.39 is 0 Å². The van der Waals surface area contributed by atoms with Crippen LogP contribution < -0.4 is 24.8 Å². The Morgan fingerprint density at radius 1 is 0.128 bits per heavy atom. The van der Waals surface area contributed by atoms with E-state index in [2.05, 4.69) is 55.6 Å². The van der Waals surface area contributed by atoms with Gasteiger partial charge in [0.05, 0.1) is 53.4 Å². The highest BCUT2D eigenvalue weighted by Crippen LogP contribution is 2.21. The van der Waals surface area contributed by atoms with Crippen molar-refractivity contribution < 1.29 is 33.8 Å². The summed E-state index contributed by atoms with van der Waals surface area (Å²) in [5.41, 5.74) is 0. The Hall–Kier alpha value is 0.500. The van der Waals surface area contributed by atoms with Crippen molar-refractivity contribution in [2.24, 2.45) is 0 Å². The van der Waals surface area contributed by atoms with Gasteiger partial charge >= 0.3 is 0 Å². The molecule has 4 heteroatoms. The molecule has 0 aromatic rings. The Morgan fingerprint density at radius 2 is 0.205 bits per heavy atom. The molecule has 0 aromatic heterocycles. The van der Waals surface area contributed by atoms with E-state index in [-0.39, 0.29) is 24.8 Å². The van der Waals surface area contributed by atoms with Crippen LogP contribution in [0.1, 0.15) is 427 Å². The molecule has 476 valence electrons. The lowest BCUT2D eigenvalue weighted by molar-refractivity contribution is -0.910. The van der Waals surface area contributed by atoms with Gasteiger partial charge in [0.1, 0.15) is 0 Å². The lowest BCUT2D eigenvalue weighted by Gasteiger charge is -2.35. The standard InChI is InChI=1S/2C37H78N.2ClH/c2*1-5-8-11-14-17-20-23-26-29-32-35-38(4,36-33-30-27-24-21-18-15-12-9-6-2)37-34-31-28-25-22-19-16-13-10-7-3;;/h2*5-37H2,1-4H3;2*1H/q2*+1;;/p-2. The van der Waals surface area contributed by atoms with E-state index in [0.717, 1.165) is 0 Å². The largest absolute Gasteiger partial charge is 1.00 e. The van der Waals surface area contributed by atoms with Crippen LogP contribution in [0, 0.1) is 0 Å². The molecule has 0 unspecified atom stereocenters. The second-order valence-electron chi connectivity index (χ2n) is 26.7. The van der Waals surface area contributed by atoms with Crippen LogP contribution in [0.3, 0.4) is 0 Å². The molecule has 0 amide bonds. The Labute approximate surface area is 511 Å². The number of hydrogen-bond acceptors (Lipinski definition) is 0. The maximum absolute atomic E-state index is 2.61. The normalized spacial score (nSPS) is 11.7. The summed E-state index contributed by atoms with van der Waals surface area (Å²) in [6.45, 7) is 22.5. The van der Waals surface area contributed by atoms with Crippen LogP contribution in [0.25, 0.3) is 0 Å². The number of hydrogen-bond donors (Lipinski definition) is 0. The Kier molecular flexibility index (Phi) is 80.2. The third kappa shape index (κ3) is 70.8. The van der Waals surface area contributed by atoms with Crippen molar-refractivity contribution in [2.75, 3.05) is 53.4 Å². The van der Waals surface area contributed by atoms with Crippen LogP contribution in [-0.4, -0.2) is 62.3 Å². The molecule has 0 spiro atoms. The first kappa shape index (κ1) is 84.9. The van der Waals surface area contributed by atoms with Gasteiger partial charge < -0.3 is 33.8 Å². The molecule has 78 heavy (non-hydrogen) atoms. The zero-order chi connectivity index (χ0) is 55.7. The van der Waals surface area contributed by atoms with Gasteiger partial charge in [-0.05, 0) is 77.0 Å². The van der Waals surface area contributed by atoms with Crippen LogP contribution >= 0.6 is 0 Å². The number of quaternary nitrogens is 2. The summed E-state index contributed by atoms with van der Waals surface area (Å²) in [7, 11) is 5.21. The highest BCUT2D eigenvalue weighted by Gasteiger charge is 2.21. The van der Waals surface area contributed by atoms with Gasteiger partial charge in [-0.1, -0.05) is 350 Å². The first-order chi connectivity index (χ1) is 37.4. The molecule has 0 fully saturated rings. The van der Waals surface area contributed by atoms with Crippen LogP contribution in [0.4, 0.5) is 0 Å². The average molecular weight is 1140 g/mol. The average Bonchev–Trinajstić information content (AvgIpc) is 3.42. The number of unbranched alkanes of at least 4 members (excludes halogenated alkanes) is 54. The van der Waals surface area contributed by atoms with Gasteiger partial charge in [-0.3, -0.25) is 0 Å². The molecule has 0 aromatic carbocycles. The zero-order valence-corrected chi connectivity index (χ0v) is 57.8. The van der Waals surface area contributed by atoms with E-state index in [1.807, 2.05) is 0 Å². The van der Waals surface area contributed by atoms with E-state index >= 15 is 0 Å². The summed E-state index contributed by atoms with van der Waals surface area (Å²) in [6, 6.07) is 0. The second-order valence-corrected chi connectivity index (χ2v) is 26.7. The van der Waals surface area contributed by atoms with E-state index in [4.69, 9.17) is 0 Å². The fourth-order valence-electron chi connectivity index (χ4n) is 12.6. The number of rotatable bonds is 66. The second kappa shape index (κ2) is 73.6. The molecular weight excluding hydrogens is 988 g/mol. The predicted molar refractivity (Wildman–Crippen MR) is 353 cm³/mol. The fraction of sp³-hybridized carbons (Fsp3) is 1.00. The minimum absolute atomic E-state index is 0. The lowest BCUT2D eigenvalue weighted by Crippen LogP contribution is -3.00. The minimum Gasteiger partial charge on any atom is -1.00 e. The van der Waals surface area contributed by atoms with Crippen molar-refractivity contribution in [1.82, 2.24) is 0 Å². The summed E-state index contributed by atoms with van der Waals surface area (Å²) in [5.74, 6) is 0. The molecule has 0 radical (unpaired) electrons. The number of halogens is 2. The summed E-state index contributed by atoms with van der Waals surface area (Å²) >= 11 is 0. The molecule has 0 aliphatic heterocycles. The van der Waals surface area contributed by atoms with Gasteiger partial charge in [0, 0.05) is 0 Å². The van der Waals surface area contributed by atoms with E-state index in [1.54, 1.807) is 0 Å². The summed E-state index contributed by atoms with van der Waals surface area (Å²) < 4.78 is 2.73. The Balaban J connectivity index is -0.000000684. The molecule has 0 aliphatic carbocycles. The maximum Gasteiger partial charge on any atom is 0.0784 e. The minimum atomic E-state index is 0. The molecule has 2 nitrogen and oxygen atoms in total. The highest BCUT2D eigenvalue weighted by molar-refractivity contribution is 4.56. The maximum atomic E-state index is 2.61. The molecular formula is C74H156Cl2N2. The van der Waals surface area contributed by atoms with Crippen molar-refractivity contribution in [3.05, 3.63) is 0 Å². The van der Waals surface area contributed by atoms with Gasteiger partial charge in [-0.2, -0.15) is 0 Å². The van der Waals surface area contributed by atoms with E-state index in [0.29, 0.717) is 0 Å². The van der Waals surface area contributed by atoms with Crippen molar-refractivity contribution in [2.45, 2.75) is 427 Å². The topological polar surface area (TPSA) is 0 Å². The van der Waals surface area contributed by atoms with Crippen molar-refractivity contribution >= 4 is 0 Å². The summed E-state index contributed by atoms with van der Waals surface area (Å²) in [4.78, 5) is 0. The fourth-order valence-corrected chi connectivity index (χ4v) is 12.6. The predicted octanol–water partition coefficient (Wildman–Crippen LogP) is 20.4. The quantitative estimate of drug-likeness (QED) is 0.0421. The molecule has 0 heterocycles. The Bertz CT molecular complexity index is 806. The molecule has 0 N–H and O–H groups in total. The van der Waals surface area contributed by atoms with Crippen LogP contribution in [0.5, 0.6) is 0 Å². The first-order valence-electron chi connectivity index (χ1n) is 37.0. The van der Waals surface area contributed by atoms with Gasteiger partial charge in [-0.15, -0.1) is 0 Å². The third-order valence-corrected chi connectivity index (χ3v) is 18.3. The van der Waals surface area contributed by atoms with Crippen LogP contribution in [0.2, 0.25) is 0 Å². The SMILES string of the molecule is CCCCCCCCCCCC[N+](C)(CCCCCCCCCCCC)CCCCCCCCCCCC.CCCCCCCCCCCC[N+](C)(CCCCCCCCCCCC)CCCCCCCCCCCC.[Cl-].[Cl-]. The highest BCUT2D eigenvalue weighted by atomic mass is 35.5. The van der Waals surface area contributed by atoms with Gasteiger partial charge in [0.2, 0.25) is 0 Å². The zero-order valence-electron chi connectivity index (χ0n) is 56.3. The number of nitrogens with zero attached hydrogens (tertiary/aromatic N) is 2. The molecule has 0 rings (SSSR count). The van der Waals surface area contributed by atoms with Gasteiger partial charge in [0.15, 0.2) is 0 Å². The third-order valence-electron chi connectivity index (χ3n) is 18.3. The Morgan fingerprint density at radius 3 is 0.295 bits per heavy atom. The molecule has 0 bridgehead atoms. The van der Waals surface area contributed by atoms with Crippen molar-refractivity contribution in [3.63, 3.8) is 0 Å². The smallest absolute Gasteiger partial charge is 0.0784 e. The molecule has 0 aliphatic rings. The molecule has 0 saturated heterocycles. The van der Waals surface area contributed by atoms with Crippen molar-refractivity contribution in [1.29, 1.82) is 0 Å². The lowest BCUT2D eigenvalue weighted by atomic mass is 10.0. The summed E-state index contributed by atoms with van der Waals surface area (Å²) in [5, 5.41) is 0. The van der Waals surface area contributed by atoms with Crippen LogP contribution in [0.15, 0.2) is 0 Å². The van der Waals surface area contributed by atoms with E-state index in [9.17, 15) is 0 Å². The van der Waals surface area contributed by atoms with Gasteiger partial charge in [0.25, 0.3) is 0 Å².